The molecule has 0 bridgehead atoms. The molecule has 14 heavy (non-hydrogen) atoms. The van der Waals surface area contributed by atoms with Gasteiger partial charge in [-0.2, -0.15) is 0 Å². The van der Waals surface area contributed by atoms with Crippen molar-refractivity contribution < 1.29 is 4.79 Å². The maximum atomic E-state index is 11.1. The summed E-state index contributed by atoms with van der Waals surface area (Å²) in [5.74, 6) is 0. The summed E-state index contributed by atoms with van der Waals surface area (Å²) in [6.07, 6.45) is 13.2. The van der Waals surface area contributed by atoms with Crippen LogP contribution in [0.15, 0.2) is 24.3 Å². The molecular weight excluding hydrogens is 172 g/mol. The van der Waals surface area contributed by atoms with E-state index in [2.05, 4.69) is 32.1 Å². The lowest BCUT2D eigenvalue weighted by atomic mass is 9.82. The number of hydrogen-bond donors (Lipinski definition) is 0. The lowest BCUT2D eigenvalue weighted by Gasteiger charge is -2.20. The highest BCUT2D eigenvalue weighted by molar-refractivity contribution is 5.63. The molecule has 0 radical (unpaired) electrons. The van der Waals surface area contributed by atoms with Crippen LogP contribution < -0.4 is 0 Å². The van der Waals surface area contributed by atoms with Crippen molar-refractivity contribution in [2.75, 3.05) is 0 Å². The number of hydrogen-bond acceptors (Lipinski definition) is 1. The molecule has 0 aliphatic carbocycles. The highest BCUT2D eigenvalue weighted by atomic mass is 16.1. The first kappa shape index (κ1) is 13.2. The molecule has 0 spiro atoms. The quantitative estimate of drug-likeness (QED) is 0.443. The van der Waals surface area contributed by atoms with Crippen LogP contribution in [0.3, 0.4) is 0 Å². The zero-order valence-electron chi connectivity index (χ0n) is 9.62. The molecule has 0 amide bonds. The van der Waals surface area contributed by atoms with E-state index in [0.717, 1.165) is 32.0 Å². The van der Waals surface area contributed by atoms with E-state index in [-0.39, 0.29) is 5.41 Å². The Morgan fingerprint density at radius 3 is 2.36 bits per heavy atom. The summed E-state index contributed by atoms with van der Waals surface area (Å²) >= 11 is 0. The third-order valence-corrected chi connectivity index (χ3v) is 2.53. The van der Waals surface area contributed by atoms with Crippen LogP contribution in [0.1, 0.15) is 46.5 Å². The Hall–Kier alpha value is -0.850. The fourth-order valence-corrected chi connectivity index (χ4v) is 1.32. The van der Waals surface area contributed by atoms with E-state index in [0.29, 0.717) is 0 Å². The molecule has 1 atom stereocenters. The van der Waals surface area contributed by atoms with E-state index >= 15 is 0 Å². The second-order valence-corrected chi connectivity index (χ2v) is 3.67. The molecule has 0 aromatic heterocycles. The van der Waals surface area contributed by atoms with Crippen molar-refractivity contribution >= 4 is 6.29 Å². The molecule has 0 fully saturated rings. The van der Waals surface area contributed by atoms with Gasteiger partial charge in [-0.25, -0.2) is 0 Å². The fraction of sp³-hybridized carbons (Fsp3) is 0.615. The predicted molar refractivity (Wildman–Crippen MR) is 62.3 cm³/mol. The van der Waals surface area contributed by atoms with Crippen LogP contribution in [-0.2, 0) is 4.79 Å². The predicted octanol–water partition coefficient (Wildman–Crippen LogP) is 3.90. The summed E-state index contributed by atoms with van der Waals surface area (Å²) in [5, 5.41) is 0. The second kappa shape index (κ2) is 7.54. The highest BCUT2D eigenvalue weighted by Crippen LogP contribution is 2.26. The van der Waals surface area contributed by atoms with Crippen LogP contribution in [0.5, 0.6) is 0 Å². The third kappa shape index (κ3) is 4.40. The molecule has 80 valence electrons. The Kier molecular flexibility index (Phi) is 7.09. The lowest BCUT2D eigenvalue weighted by molar-refractivity contribution is -0.114. The van der Waals surface area contributed by atoms with E-state index in [1.165, 1.54) is 0 Å². The van der Waals surface area contributed by atoms with E-state index in [1.807, 2.05) is 13.0 Å². The third-order valence-electron chi connectivity index (χ3n) is 2.53. The number of unbranched alkanes of at least 4 members (excludes halogenated alkanes) is 1. The molecular formula is C13H22O. The van der Waals surface area contributed by atoms with Gasteiger partial charge in [-0.3, -0.25) is 0 Å². The van der Waals surface area contributed by atoms with Crippen LogP contribution in [0.2, 0.25) is 0 Å². The number of carbonyl (C=O) groups excluding carboxylic acids is 1. The van der Waals surface area contributed by atoms with Crippen LogP contribution in [-0.4, -0.2) is 6.29 Å². The van der Waals surface area contributed by atoms with Gasteiger partial charge in [-0.05, 0) is 26.2 Å². The number of allylic oxidation sites excluding steroid dienone is 4. The first-order valence-corrected chi connectivity index (χ1v) is 5.49. The van der Waals surface area contributed by atoms with Gasteiger partial charge in [0, 0.05) is 5.41 Å². The van der Waals surface area contributed by atoms with Crippen molar-refractivity contribution in [2.24, 2.45) is 5.41 Å². The molecule has 1 unspecified atom stereocenters. The zero-order chi connectivity index (χ0) is 10.9. The van der Waals surface area contributed by atoms with E-state index in [4.69, 9.17) is 0 Å². The molecule has 0 aliphatic heterocycles. The average Bonchev–Trinajstić information content (AvgIpc) is 2.24. The van der Waals surface area contributed by atoms with Crippen molar-refractivity contribution in [3.05, 3.63) is 24.3 Å². The van der Waals surface area contributed by atoms with Gasteiger partial charge in [0.15, 0.2) is 0 Å². The van der Waals surface area contributed by atoms with Gasteiger partial charge >= 0.3 is 0 Å². The van der Waals surface area contributed by atoms with E-state index in [9.17, 15) is 4.79 Å². The van der Waals surface area contributed by atoms with E-state index < -0.39 is 0 Å². The van der Waals surface area contributed by atoms with Crippen molar-refractivity contribution in [3.63, 3.8) is 0 Å². The lowest BCUT2D eigenvalue weighted by Crippen LogP contribution is -2.17. The second-order valence-electron chi connectivity index (χ2n) is 3.67. The number of carbonyl (C=O) groups is 1. The summed E-state index contributed by atoms with van der Waals surface area (Å²) in [7, 11) is 0. The maximum Gasteiger partial charge on any atom is 0.130 e. The van der Waals surface area contributed by atoms with Crippen molar-refractivity contribution in [2.45, 2.75) is 46.5 Å². The highest BCUT2D eigenvalue weighted by Gasteiger charge is 2.21. The molecule has 0 N–H and O–H groups in total. The Balaban J connectivity index is 4.43. The maximum absolute atomic E-state index is 11.1. The van der Waals surface area contributed by atoms with Gasteiger partial charge in [0.1, 0.15) is 6.29 Å². The van der Waals surface area contributed by atoms with Crippen LogP contribution in [0, 0.1) is 5.41 Å². The van der Waals surface area contributed by atoms with Gasteiger partial charge < -0.3 is 4.79 Å². The topological polar surface area (TPSA) is 17.1 Å². The standard InChI is InChI=1S/C13H22O/c1-4-7-9-11-13(6-3,12-14)10-8-5-2/h5,8-9,11-12H,4,6-7,10H2,1-3H3. The molecule has 0 saturated carbocycles. The molecule has 0 heterocycles. The van der Waals surface area contributed by atoms with Crippen LogP contribution >= 0.6 is 0 Å². The van der Waals surface area contributed by atoms with Crippen molar-refractivity contribution in [3.8, 4) is 0 Å². The Morgan fingerprint density at radius 2 is 1.93 bits per heavy atom. The Bertz CT molecular complexity index is 203. The summed E-state index contributed by atoms with van der Waals surface area (Å²) < 4.78 is 0. The minimum Gasteiger partial charge on any atom is -0.302 e. The van der Waals surface area contributed by atoms with E-state index in [1.54, 1.807) is 0 Å². The molecule has 1 heteroatoms. The summed E-state index contributed by atoms with van der Waals surface area (Å²) in [6.45, 7) is 6.19. The smallest absolute Gasteiger partial charge is 0.130 e. The minimum absolute atomic E-state index is 0.262. The van der Waals surface area contributed by atoms with Gasteiger partial charge in [-0.1, -0.05) is 44.6 Å². The van der Waals surface area contributed by atoms with Gasteiger partial charge in [0.05, 0.1) is 0 Å². The zero-order valence-corrected chi connectivity index (χ0v) is 9.62. The van der Waals surface area contributed by atoms with Crippen molar-refractivity contribution in [1.82, 2.24) is 0 Å². The molecule has 0 aromatic carbocycles. The molecule has 1 nitrogen and oxygen atoms in total. The van der Waals surface area contributed by atoms with Gasteiger partial charge in [0.2, 0.25) is 0 Å². The number of aldehydes is 1. The fourth-order valence-electron chi connectivity index (χ4n) is 1.32. The first-order chi connectivity index (χ1) is 6.74. The Labute approximate surface area is 87.9 Å². The summed E-state index contributed by atoms with van der Waals surface area (Å²) in [6, 6.07) is 0. The van der Waals surface area contributed by atoms with Crippen molar-refractivity contribution in [1.29, 1.82) is 0 Å². The SMILES string of the molecule is CC=CCC(C=O)(C=CCCC)CC. The average molecular weight is 194 g/mol. The summed E-state index contributed by atoms with van der Waals surface area (Å²) in [4.78, 5) is 11.1. The Morgan fingerprint density at radius 1 is 1.21 bits per heavy atom. The molecule has 0 saturated heterocycles. The largest absolute Gasteiger partial charge is 0.302 e. The van der Waals surface area contributed by atoms with Crippen LogP contribution in [0.4, 0.5) is 0 Å². The molecule has 0 aromatic rings. The summed E-state index contributed by atoms with van der Waals surface area (Å²) in [5.41, 5.74) is -0.262. The number of rotatable bonds is 7. The monoisotopic (exact) mass is 194 g/mol. The van der Waals surface area contributed by atoms with Crippen LogP contribution in [0.25, 0.3) is 0 Å². The minimum atomic E-state index is -0.262. The normalized spacial score (nSPS) is 16.2. The van der Waals surface area contributed by atoms with Gasteiger partial charge in [-0.15, -0.1) is 0 Å². The van der Waals surface area contributed by atoms with Gasteiger partial charge in [0.25, 0.3) is 0 Å². The molecule has 0 rings (SSSR count). The first-order valence-electron chi connectivity index (χ1n) is 5.49. The molecule has 0 aliphatic rings.